The van der Waals surface area contributed by atoms with Crippen molar-refractivity contribution in [2.24, 2.45) is 0 Å². The van der Waals surface area contributed by atoms with Gasteiger partial charge in [0.15, 0.2) is 9.84 Å². The third-order valence-electron chi connectivity index (χ3n) is 1.77. The van der Waals surface area contributed by atoms with E-state index in [1.165, 1.54) is 0 Å². The van der Waals surface area contributed by atoms with Gasteiger partial charge in [-0.2, -0.15) is 8.42 Å². The maximum absolute atomic E-state index is 11.4. The molecule has 8 heteroatoms. The maximum Gasteiger partial charge on any atom is 0.341 e. The molecule has 0 spiro atoms. The van der Waals surface area contributed by atoms with Crippen molar-refractivity contribution < 1.29 is 25.8 Å². The van der Waals surface area contributed by atoms with Gasteiger partial charge in [-0.1, -0.05) is 0 Å². The molecule has 0 amide bonds. The molecule has 94 valence electrons. The highest BCUT2D eigenvalue weighted by molar-refractivity contribution is 7.90. The second-order valence-electron chi connectivity index (χ2n) is 3.27. The lowest BCUT2D eigenvalue weighted by atomic mass is 10.4. The van der Waals surface area contributed by atoms with E-state index in [0.29, 0.717) is 0 Å². The Kier molecular flexibility index (Phi) is 3.58. The fourth-order valence-corrected chi connectivity index (χ4v) is 2.56. The number of hydrogen-bond acceptors (Lipinski definition) is 6. The molecule has 0 N–H and O–H groups in total. The first kappa shape index (κ1) is 13.7. The summed E-state index contributed by atoms with van der Waals surface area (Å²) in [6.07, 6.45) is 1.00. The number of carbonyl (C=O) groups excluding carboxylic acids is 1. The second-order valence-corrected chi connectivity index (χ2v) is 6.83. The van der Waals surface area contributed by atoms with Crippen molar-refractivity contribution in [1.29, 1.82) is 0 Å². The molecule has 0 aliphatic heterocycles. The van der Waals surface area contributed by atoms with E-state index in [2.05, 4.69) is 4.18 Å². The van der Waals surface area contributed by atoms with Gasteiger partial charge in [0.2, 0.25) is 0 Å². The molecule has 0 unspecified atom stereocenters. The molecule has 0 fully saturated rings. The zero-order chi connectivity index (χ0) is 13.3. The number of rotatable bonds is 3. The first-order valence-electron chi connectivity index (χ1n) is 4.38. The summed E-state index contributed by atoms with van der Waals surface area (Å²) in [4.78, 5) is 10.3. The minimum absolute atomic E-state index is 0.0146. The van der Waals surface area contributed by atoms with Crippen molar-refractivity contribution in [3.63, 3.8) is 0 Å². The van der Waals surface area contributed by atoms with E-state index < -0.39 is 25.9 Å². The van der Waals surface area contributed by atoms with Crippen molar-refractivity contribution in [2.45, 2.75) is 16.7 Å². The quantitative estimate of drug-likeness (QED) is 0.740. The number of carbonyl (C=O) groups is 1. The van der Waals surface area contributed by atoms with E-state index in [1.54, 1.807) is 0 Å². The monoisotopic (exact) mass is 278 g/mol. The molecule has 0 atom stereocenters. The van der Waals surface area contributed by atoms with Crippen LogP contribution < -0.4 is 0 Å². The molecule has 1 aromatic rings. The SMILES string of the molecule is CC(=O)OS(=O)(=O)c1ccc(S(C)(=O)=O)cc1. The summed E-state index contributed by atoms with van der Waals surface area (Å²) in [5.74, 6) is -0.961. The molecule has 0 aromatic heterocycles. The zero-order valence-corrected chi connectivity index (χ0v) is 10.7. The van der Waals surface area contributed by atoms with Crippen molar-refractivity contribution in [3.8, 4) is 0 Å². The van der Waals surface area contributed by atoms with Crippen LogP contribution in [0.5, 0.6) is 0 Å². The van der Waals surface area contributed by atoms with Gasteiger partial charge in [0.25, 0.3) is 0 Å². The lowest BCUT2D eigenvalue weighted by molar-refractivity contribution is -0.131. The van der Waals surface area contributed by atoms with Crippen LogP contribution in [-0.2, 0) is 28.9 Å². The molecule has 0 radical (unpaired) electrons. The summed E-state index contributed by atoms with van der Waals surface area (Å²) in [6.45, 7) is 0.961. The van der Waals surface area contributed by atoms with Crippen molar-refractivity contribution in [3.05, 3.63) is 24.3 Å². The van der Waals surface area contributed by atoms with Crippen LogP contribution in [0.4, 0.5) is 0 Å². The van der Waals surface area contributed by atoms with E-state index in [9.17, 15) is 21.6 Å². The third kappa shape index (κ3) is 3.53. The third-order valence-corrected chi connectivity index (χ3v) is 4.20. The molecule has 6 nitrogen and oxygen atoms in total. The van der Waals surface area contributed by atoms with Gasteiger partial charge in [0.05, 0.1) is 4.90 Å². The molecule has 0 saturated heterocycles. The summed E-state index contributed by atoms with van der Waals surface area (Å²) in [7, 11) is -7.56. The molecule has 0 heterocycles. The van der Waals surface area contributed by atoms with Crippen LogP contribution in [0.2, 0.25) is 0 Å². The Balaban J connectivity index is 3.16. The van der Waals surface area contributed by atoms with E-state index in [-0.39, 0.29) is 9.79 Å². The second kappa shape index (κ2) is 4.46. The first-order valence-corrected chi connectivity index (χ1v) is 7.68. The predicted octanol–water partition coefficient (Wildman–Crippen LogP) is 0.342. The van der Waals surface area contributed by atoms with Crippen LogP contribution in [0, 0.1) is 0 Å². The highest BCUT2D eigenvalue weighted by atomic mass is 32.2. The Hall–Kier alpha value is -1.41. The van der Waals surface area contributed by atoms with E-state index in [4.69, 9.17) is 0 Å². The van der Waals surface area contributed by atoms with Crippen LogP contribution in [-0.4, -0.2) is 29.1 Å². The van der Waals surface area contributed by atoms with Gasteiger partial charge in [-0.15, -0.1) is 0 Å². The van der Waals surface area contributed by atoms with Crippen molar-refractivity contribution in [1.82, 2.24) is 0 Å². The standard InChI is InChI=1S/C9H10O6S2/c1-7(10)15-17(13,14)9-5-3-8(4-6-9)16(2,11)12/h3-6H,1-2H3. The van der Waals surface area contributed by atoms with Crippen LogP contribution in [0.25, 0.3) is 0 Å². The summed E-state index contributed by atoms with van der Waals surface area (Å²) < 4.78 is 49.2. The minimum Gasteiger partial charge on any atom is -0.343 e. The Morgan fingerprint density at radius 1 is 1.00 bits per heavy atom. The van der Waals surface area contributed by atoms with Gasteiger partial charge in [-0.25, -0.2) is 8.42 Å². The average Bonchev–Trinajstić information content (AvgIpc) is 2.14. The highest BCUT2D eigenvalue weighted by Gasteiger charge is 2.18. The van der Waals surface area contributed by atoms with Gasteiger partial charge in [0.1, 0.15) is 4.90 Å². The maximum atomic E-state index is 11.4. The van der Waals surface area contributed by atoms with E-state index >= 15 is 0 Å². The number of benzene rings is 1. The zero-order valence-electron chi connectivity index (χ0n) is 9.08. The van der Waals surface area contributed by atoms with Crippen LogP contribution in [0.1, 0.15) is 6.92 Å². The van der Waals surface area contributed by atoms with Crippen LogP contribution >= 0.6 is 0 Å². The van der Waals surface area contributed by atoms with Gasteiger partial charge in [-0.3, -0.25) is 4.79 Å². The smallest absolute Gasteiger partial charge is 0.341 e. The fourth-order valence-electron chi connectivity index (χ4n) is 1.06. The van der Waals surface area contributed by atoms with E-state index in [1.807, 2.05) is 0 Å². The lowest BCUT2D eigenvalue weighted by Crippen LogP contribution is -2.10. The number of sulfone groups is 1. The van der Waals surface area contributed by atoms with Crippen molar-refractivity contribution >= 4 is 25.9 Å². The summed E-state index contributed by atoms with van der Waals surface area (Å²) >= 11 is 0. The summed E-state index contributed by atoms with van der Waals surface area (Å²) in [5, 5.41) is 0. The molecule has 0 bridgehead atoms. The van der Waals surface area contributed by atoms with Gasteiger partial charge >= 0.3 is 16.1 Å². The normalized spacial score (nSPS) is 12.1. The van der Waals surface area contributed by atoms with Gasteiger partial charge in [0, 0.05) is 13.2 Å². The molecular formula is C9H10O6S2. The lowest BCUT2D eigenvalue weighted by Gasteiger charge is -2.04. The highest BCUT2D eigenvalue weighted by Crippen LogP contribution is 2.16. The minimum atomic E-state index is -4.17. The molecule has 0 saturated carbocycles. The molecule has 17 heavy (non-hydrogen) atoms. The molecule has 0 aliphatic carbocycles. The molecule has 1 rings (SSSR count). The molecular weight excluding hydrogens is 268 g/mol. The van der Waals surface area contributed by atoms with Crippen molar-refractivity contribution in [2.75, 3.05) is 6.26 Å². The Morgan fingerprint density at radius 3 is 1.76 bits per heavy atom. The summed E-state index contributed by atoms with van der Waals surface area (Å²) in [5.41, 5.74) is 0. The average molecular weight is 278 g/mol. The Bertz CT molecular complexity index is 625. The topological polar surface area (TPSA) is 94.6 Å². The number of hydrogen-bond donors (Lipinski definition) is 0. The predicted molar refractivity (Wildman–Crippen MR) is 58.5 cm³/mol. The van der Waals surface area contributed by atoms with Crippen LogP contribution in [0.15, 0.2) is 34.1 Å². The largest absolute Gasteiger partial charge is 0.343 e. The van der Waals surface area contributed by atoms with Crippen LogP contribution in [0.3, 0.4) is 0 Å². The van der Waals surface area contributed by atoms with E-state index in [0.717, 1.165) is 37.4 Å². The fraction of sp³-hybridized carbons (Fsp3) is 0.222. The van der Waals surface area contributed by atoms with Gasteiger partial charge < -0.3 is 4.18 Å². The Morgan fingerprint density at radius 2 is 1.41 bits per heavy atom. The van der Waals surface area contributed by atoms with Gasteiger partial charge in [-0.05, 0) is 24.3 Å². The molecule has 1 aromatic carbocycles. The first-order chi connectivity index (χ1) is 7.63. The summed E-state index contributed by atoms with van der Waals surface area (Å²) in [6, 6.07) is 4.39. The Labute approximate surface area is 99.3 Å². The molecule has 0 aliphatic rings.